The summed E-state index contributed by atoms with van der Waals surface area (Å²) in [6, 6.07) is 12.2. The van der Waals surface area contributed by atoms with E-state index in [1.54, 1.807) is 48.7 Å². The fraction of sp³-hybridized carbons (Fsp3) is 0. The van der Waals surface area contributed by atoms with E-state index < -0.39 is 0 Å². The van der Waals surface area contributed by atoms with Gasteiger partial charge in [0.15, 0.2) is 0 Å². The van der Waals surface area contributed by atoms with Crippen LogP contribution in [0.5, 0.6) is 0 Å². The molecule has 1 heterocycles. The molecule has 2 rings (SSSR count). The van der Waals surface area contributed by atoms with Crippen molar-refractivity contribution in [2.45, 2.75) is 0 Å². The number of aromatic nitrogens is 1. The van der Waals surface area contributed by atoms with Crippen LogP contribution in [-0.4, -0.2) is 17.1 Å². The van der Waals surface area contributed by atoms with Gasteiger partial charge in [-0.05, 0) is 29.8 Å². The molecule has 0 radical (unpaired) electrons. The zero-order valence-electron chi connectivity index (χ0n) is 9.38. The Bertz CT molecular complexity index is 552. The lowest BCUT2D eigenvalue weighted by molar-refractivity contribution is 0.0950. The van der Waals surface area contributed by atoms with E-state index in [1.807, 2.05) is 0 Å². The predicted octanol–water partition coefficient (Wildman–Crippen LogP) is 2.50. The molecule has 4 nitrogen and oxygen atoms in total. The van der Waals surface area contributed by atoms with Crippen LogP contribution in [0.4, 0.5) is 0 Å². The summed E-state index contributed by atoms with van der Waals surface area (Å²) in [6.45, 7) is 0. The van der Waals surface area contributed by atoms with E-state index in [0.717, 1.165) is 5.56 Å². The van der Waals surface area contributed by atoms with Crippen molar-refractivity contribution in [1.82, 2.24) is 10.4 Å². The van der Waals surface area contributed by atoms with Crippen LogP contribution in [0.15, 0.2) is 53.8 Å². The summed E-state index contributed by atoms with van der Waals surface area (Å²) in [5, 5.41) is 4.50. The summed E-state index contributed by atoms with van der Waals surface area (Å²) >= 11 is 5.75. The standard InChI is InChI=1S/C13H10ClN3O/c14-11-6-4-10(5-7-11)9-16-17-13(18)12-3-1-2-8-15-12/h1-9H,(H,17,18)/b16-9+. The second-order valence-electron chi connectivity index (χ2n) is 3.47. The molecule has 0 saturated heterocycles. The topological polar surface area (TPSA) is 54.4 Å². The zero-order chi connectivity index (χ0) is 12.8. The highest BCUT2D eigenvalue weighted by molar-refractivity contribution is 6.30. The first-order valence-corrected chi connectivity index (χ1v) is 5.63. The fourth-order valence-corrected chi connectivity index (χ4v) is 1.39. The maximum atomic E-state index is 11.6. The van der Waals surface area contributed by atoms with Crippen LogP contribution in [0.1, 0.15) is 16.1 Å². The highest BCUT2D eigenvalue weighted by Gasteiger charge is 2.03. The molecule has 0 saturated carbocycles. The summed E-state index contributed by atoms with van der Waals surface area (Å²) in [5.74, 6) is -0.346. The van der Waals surface area contributed by atoms with Gasteiger partial charge >= 0.3 is 0 Å². The second kappa shape index (κ2) is 5.93. The van der Waals surface area contributed by atoms with Gasteiger partial charge in [-0.1, -0.05) is 29.8 Å². The Morgan fingerprint density at radius 3 is 2.67 bits per heavy atom. The van der Waals surface area contributed by atoms with Gasteiger partial charge in [-0.25, -0.2) is 5.43 Å². The van der Waals surface area contributed by atoms with E-state index in [0.29, 0.717) is 10.7 Å². The number of nitrogens with one attached hydrogen (secondary N) is 1. The van der Waals surface area contributed by atoms with Gasteiger partial charge in [0.05, 0.1) is 6.21 Å². The van der Waals surface area contributed by atoms with E-state index in [9.17, 15) is 4.79 Å². The Balaban J connectivity index is 1.96. The molecule has 0 aliphatic rings. The molecule has 1 aromatic heterocycles. The number of hydrogen-bond acceptors (Lipinski definition) is 3. The third-order valence-corrected chi connectivity index (χ3v) is 2.40. The van der Waals surface area contributed by atoms with Crippen LogP contribution < -0.4 is 5.43 Å². The van der Waals surface area contributed by atoms with Crippen molar-refractivity contribution in [2.24, 2.45) is 5.10 Å². The van der Waals surface area contributed by atoms with Gasteiger partial charge in [-0.2, -0.15) is 5.10 Å². The number of hydrogen-bond donors (Lipinski definition) is 1. The lowest BCUT2D eigenvalue weighted by atomic mass is 10.2. The largest absolute Gasteiger partial charge is 0.289 e. The molecule has 0 unspecified atom stereocenters. The van der Waals surface area contributed by atoms with Crippen LogP contribution in [0, 0.1) is 0 Å². The Morgan fingerprint density at radius 2 is 2.00 bits per heavy atom. The maximum absolute atomic E-state index is 11.6. The summed E-state index contributed by atoms with van der Waals surface area (Å²) in [4.78, 5) is 15.5. The van der Waals surface area contributed by atoms with Crippen molar-refractivity contribution in [2.75, 3.05) is 0 Å². The second-order valence-corrected chi connectivity index (χ2v) is 3.90. The Morgan fingerprint density at radius 1 is 1.22 bits per heavy atom. The monoisotopic (exact) mass is 259 g/mol. The minimum atomic E-state index is -0.346. The molecule has 0 fully saturated rings. The average molecular weight is 260 g/mol. The van der Waals surface area contributed by atoms with Crippen molar-refractivity contribution in [3.05, 3.63) is 64.9 Å². The van der Waals surface area contributed by atoms with Gasteiger partial charge in [0, 0.05) is 11.2 Å². The molecule has 90 valence electrons. The smallest absolute Gasteiger partial charge is 0.266 e. The van der Waals surface area contributed by atoms with E-state index in [1.165, 1.54) is 6.21 Å². The minimum absolute atomic E-state index is 0.325. The number of rotatable bonds is 3. The lowest BCUT2D eigenvalue weighted by Crippen LogP contribution is -2.18. The van der Waals surface area contributed by atoms with Crippen LogP contribution in [0.2, 0.25) is 5.02 Å². The van der Waals surface area contributed by atoms with Gasteiger partial charge in [-0.15, -0.1) is 0 Å². The SMILES string of the molecule is O=C(N/N=C/c1ccc(Cl)cc1)c1ccccn1. The van der Waals surface area contributed by atoms with Gasteiger partial charge in [0.25, 0.3) is 5.91 Å². The number of pyridine rings is 1. The first kappa shape index (κ1) is 12.3. The van der Waals surface area contributed by atoms with E-state index in [-0.39, 0.29) is 5.91 Å². The number of nitrogens with zero attached hydrogens (tertiary/aromatic N) is 2. The number of amides is 1. The Kier molecular flexibility index (Phi) is 4.04. The van der Waals surface area contributed by atoms with Crippen molar-refractivity contribution in [3.8, 4) is 0 Å². The molecule has 5 heteroatoms. The minimum Gasteiger partial charge on any atom is -0.266 e. The van der Waals surface area contributed by atoms with Gasteiger partial charge in [-0.3, -0.25) is 9.78 Å². The quantitative estimate of drug-likeness (QED) is 0.680. The molecular formula is C13H10ClN3O. The molecule has 1 N–H and O–H groups in total. The molecule has 2 aromatic rings. The predicted molar refractivity (Wildman–Crippen MR) is 70.7 cm³/mol. The molecule has 0 aliphatic carbocycles. The summed E-state index contributed by atoms with van der Waals surface area (Å²) in [6.07, 6.45) is 3.09. The van der Waals surface area contributed by atoms with Gasteiger partial charge in [0.1, 0.15) is 5.69 Å². The number of hydrazone groups is 1. The molecule has 1 amide bonds. The Hall–Kier alpha value is -2.20. The third kappa shape index (κ3) is 3.40. The van der Waals surface area contributed by atoms with Crippen LogP contribution in [0.3, 0.4) is 0 Å². The molecule has 0 atom stereocenters. The molecule has 0 spiro atoms. The number of carbonyl (C=O) groups excluding carboxylic acids is 1. The van der Waals surface area contributed by atoms with Crippen LogP contribution in [-0.2, 0) is 0 Å². The fourth-order valence-electron chi connectivity index (χ4n) is 1.27. The van der Waals surface area contributed by atoms with Crippen molar-refractivity contribution in [1.29, 1.82) is 0 Å². The molecule has 0 aliphatic heterocycles. The molecule has 18 heavy (non-hydrogen) atoms. The average Bonchev–Trinajstić information content (AvgIpc) is 2.42. The molecular weight excluding hydrogens is 250 g/mol. The lowest BCUT2D eigenvalue weighted by Gasteiger charge is -1.98. The van der Waals surface area contributed by atoms with Crippen LogP contribution in [0.25, 0.3) is 0 Å². The Labute approximate surface area is 109 Å². The first-order valence-electron chi connectivity index (χ1n) is 5.26. The highest BCUT2D eigenvalue weighted by atomic mass is 35.5. The summed E-state index contributed by atoms with van der Waals surface area (Å²) < 4.78 is 0. The van der Waals surface area contributed by atoms with E-state index >= 15 is 0 Å². The maximum Gasteiger partial charge on any atom is 0.289 e. The molecule has 1 aromatic carbocycles. The van der Waals surface area contributed by atoms with Crippen molar-refractivity contribution >= 4 is 23.7 Å². The van der Waals surface area contributed by atoms with E-state index in [4.69, 9.17) is 11.6 Å². The molecule has 0 bridgehead atoms. The number of carbonyl (C=O) groups is 1. The van der Waals surface area contributed by atoms with Gasteiger partial charge < -0.3 is 0 Å². The summed E-state index contributed by atoms with van der Waals surface area (Å²) in [7, 11) is 0. The highest BCUT2D eigenvalue weighted by Crippen LogP contribution is 2.07. The van der Waals surface area contributed by atoms with Gasteiger partial charge in [0.2, 0.25) is 0 Å². The van der Waals surface area contributed by atoms with Crippen LogP contribution >= 0.6 is 11.6 Å². The van der Waals surface area contributed by atoms with E-state index in [2.05, 4.69) is 15.5 Å². The third-order valence-electron chi connectivity index (χ3n) is 2.15. The first-order chi connectivity index (χ1) is 8.75. The number of benzene rings is 1. The normalized spacial score (nSPS) is 10.5. The van der Waals surface area contributed by atoms with Crippen molar-refractivity contribution < 1.29 is 4.79 Å². The number of halogens is 1. The van der Waals surface area contributed by atoms with Crippen molar-refractivity contribution in [3.63, 3.8) is 0 Å². The zero-order valence-corrected chi connectivity index (χ0v) is 10.1. The summed E-state index contributed by atoms with van der Waals surface area (Å²) in [5.41, 5.74) is 3.57.